The van der Waals surface area contributed by atoms with Crippen LogP contribution in [-0.4, -0.2) is 11.1 Å². The van der Waals surface area contributed by atoms with Crippen LogP contribution in [0, 0.1) is 0 Å². The summed E-state index contributed by atoms with van der Waals surface area (Å²) in [5.74, 6) is 0.815. The smallest absolute Gasteiger partial charge is 0.143 e. The van der Waals surface area contributed by atoms with Crippen LogP contribution in [0.25, 0.3) is 10.8 Å². The zero-order chi connectivity index (χ0) is 11.7. The summed E-state index contributed by atoms with van der Waals surface area (Å²) in [5, 5.41) is 2.08. The van der Waals surface area contributed by atoms with Crippen molar-refractivity contribution in [3.05, 3.63) is 30.6 Å². The van der Waals surface area contributed by atoms with E-state index in [2.05, 4.69) is 4.98 Å². The molecule has 17 heavy (non-hydrogen) atoms. The van der Waals surface area contributed by atoms with E-state index in [0.717, 1.165) is 35.1 Å². The Labute approximate surface area is 101 Å². The van der Waals surface area contributed by atoms with Gasteiger partial charge in [-0.2, -0.15) is 0 Å². The van der Waals surface area contributed by atoms with Gasteiger partial charge in [-0.3, -0.25) is 4.98 Å². The highest BCUT2D eigenvalue weighted by molar-refractivity contribution is 5.95. The molecule has 0 saturated heterocycles. The van der Waals surface area contributed by atoms with E-state index in [1.54, 1.807) is 6.20 Å². The number of hydrogen-bond donors (Lipinski definition) is 1. The fraction of sp³-hybridized carbons (Fsp3) is 0.357. The number of hydrogen-bond acceptors (Lipinski definition) is 3. The second-order valence-corrected chi connectivity index (χ2v) is 4.60. The summed E-state index contributed by atoms with van der Waals surface area (Å²) in [5.41, 5.74) is 6.88. The molecule has 1 aliphatic carbocycles. The summed E-state index contributed by atoms with van der Waals surface area (Å²) in [6, 6.07) is 5.91. The lowest BCUT2D eigenvalue weighted by atomic mass is 10.1. The highest BCUT2D eigenvalue weighted by Crippen LogP contribution is 2.33. The van der Waals surface area contributed by atoms with Crippen molar-refractivity contribution in [2.45, 2.75) is 31.8 Å². The van der Waals surface area contributed by atoms with Crippen LogP contribution in [0.2, 0.25) is 0 Å². The molecule has 0 aliphatic heterocycles. The van der Waals surface area contributed by atoms with Gasteiger partial charge >= 0.3 is 0 Å². The molecule has 0 bridgehead atoms. The van der Waals surface area contributed by atoms with E-state index >= 15 is 0 Å². The molecule has 1 aromatic heterocycles. The lowest BCUT2D eigenvalue weighted by Crippen LogP contribution is -2.12. The van der Waals surface area contributed by atoms with E-state index in [0.29, 0.717) is 6.10 Å². The third-order valence-corrected chi connectivity index (χ3v) is 3.42. The largest absolute Gasteiger partial charge is 0.488 e. The number of rotatable bonds is 2. The molecule has 0 amide bonds. The normalized spacial score (nSPS) is 16.5. The standard InChI is InChI=1S/C14H16N2O/c15-14-12-7-8-16-9-10(12)5-6-13(14)17-11-3-1-2-4-11/h5-9,11H,1-4,15H2. The van der Waals surface area contributed by atoms with Crippen LogP contribution in [-0.2, 0) is 0 Å². The molecular weight excluding hydrogens is 212 g/mol. The Bertz CT molecular complexity index is 533. The molecule has 0 radical (unpaired) electrons. The molecule has 1 fully saturated rings. The first-order chi connectivity index (χ1) is 8.34. The van der Waals surface area contributed by atoms with E-state index in [-0.39, 0.29) is 0 Å². The lowest BCUT2D eigenvalue weighted by molar-refractivity contribution is 0.211. The van der Waals surface area contributed by atoms with Gasteiger partial charge in [-0.15, -0.1) is 0 Å². The zero-order valence-electron chi connectivity index (χ0n) is 9.73. The van der Waals surface area contributed by atoms with Crippen molar-refractivity contribution in [1.82, 2.24) is 4.98 Å². The topological polar surface area (TPSA) is 48.1 Å². The molecule has 2 N–H and O–H groups in total. The van der Waals surface area contributed by atoms with E-state index in [1.165, 1.54) is 12.8 Å². The molecule has 3 nitrogen and oxygen atoms in total. The Balaban J connectivity index is 1.96. The number of nitrogen functional groups attached to an aromatic ring is 1. The molecule has 3 heteroatoms. The van der Waals surface area contributed by atoms with Crippen LogP contribution in [0.4, 0.5) is 5.69 Å². The number of fused-ring (bicyclic) bond motifs is 1. The van der Waals surface area contributed by atoms with Crippen LogP contribution < -0.4 is 10.5 Å². The third kappa shape index (κ3) is 1.93. The number of benzene rings is 1. The van der Waals surface area contributed by atoms with Crippen molar-refractivity contribution in [3.63, 3.8) is 0 Å². The van der Waals surface area contributed by atoms with E-state index in [4.69, 9.17) is 10.5 Å². The van der Waals surface area contributed by atoms with Crippen molar-refractivity contribution >= 4 is 16.5 Å². The molecule has 88 valence electrons. The van der Waals surface area contributed by atoms with Crippen LogP contribution in [0.1, 0.15) is 25.7 Å². The highest BCUT2D eigenvalue weighted by Gasteiger charge is 2.17. The second-order valence-electron chi connectivity index (χ2n) is 4.60. The minimum Gasteiger partial charge on any atom is -0.488 e. The molecule has 1 saturated carbocycles. The summed E-state index contributed by atoms with van der Waals surface area (Å²) >= 11 is 0. The van der Waals surface area contributed by atoms with Crippen molar-refractivity contribution < 1.29 is 4.74 Å². The summed E-state index contributed by atoms with van der Waals surface area (Å²) in [4.78, 5) is 4.09. The first kappa shape index (κ1) is 10.4. The van der Waals surface area contributed by atoms with Gasteiger partial charge < -0.3 is 10.5 Å². The van der Waals surface area contributed by atoms with Crippen LogP contribution in [0.15, 0.2) is 30.6 Å². The van der Waals surface area contributed by atoms with Gasteiger partial charge in [-0.05, 0) is 43.9 Å². The van der Waals surface area contributed by atoms with Gasteiger partial charge in [-0.1, -0.05) is 0 Å². The molecule has 1 aromatic carbocycles. The Morgan fingerprint density at radius 2 is 2.00 bits per heavy atom. The Hall–Kier alpha value is -1.77. The molecule has 1 heterocycles. The average molecular weight is 228 g/mol. The van der Waals surface area contributed by atoms with E-state index < -0.39 is 0 Å². The quantitative estimate of drug-likeness (QED) is 0.803. The Kier molecular flexibility index (Phi) is 2.59. The maximum absolute atomic E-state index is 6.14. The van der Waals surface area contributed by atoms with Crippen molar-refractivity contribution in [2.75, 3.05) is 5.73 Å². The summed E-state index contributed by atoms with van der Waals surface area (Å²) in [6.45, 7) is 0. The van der Waals surface area contributed by atoms with Crippen molar-refractivity contribution in [1.29, 1.82) is 0 Å². The molecule has 0 spiro atoms. The number of nitrogens with two attached hydrogens (primary N) is 1. The zero-order valence-corrected chi connectivity index (χ0v) is 9.73. The van der Waals surface area contributed by atoms with E-state index in [1.807, 2.05) is 24.4 Å². The van der Waals surface area contributed by atoms with Gasteiger partial charge in [0.1, 0.15) is 5.75 Å². The van der Waals surface area contributed by atoms with Gasteiger partial charge in [0.15, 0.2) is 0 Å². The number of pyridine rings is 1. The third-order valence-electron chi connectivity index (χ3n) is 3.42. The van der Waals surface area contributed by atoms with Crippen LogP contribution >= 0.6 is 0 Å². The second kappa shape index (κ2) is 4.24. The molecule has 2 aromatic rings. The Morgan fingerprint density at radius 1 is 1.18 bits per heavy atom. The van der Waals surface area contributed by atoms with E-state index in [9.17, 15) is 0 Å². The fourth-order valence-electron chi connectivity index (χ4n) is 2.46. The van der Waals surface area contributed by atoms with Crippen molar-refractivity contribution in [2.24, 2.45) is 0 Å². The molecular formula is C14H16N2O. The summed E-state index contributed by atoms with van der Waals surface area (Å²) < 4.78 is 5.97. The number of aromatic nitrogens is 1. The number of ether oxygens (including phenoxy) is 1. The molecule has 1 aliphatic rings. The predicted molar refractivity (Wildman–Crippen MR) is 69.0 cm³/mol. The van der Waals surface area contributed by atoms with Gasteiger partial charge in [-0.25, -0.2) is 0 Å². The SMILES string of the molecule is Nc1c(OC2CCCC2)ccc2cnccc12. The van der Waals surface area contributed by atoms with Gasteiger partial charge in [0.2, 0.25) is 0 Å². The summed E-state index contributed by atoms with van der Waals surface area (Å²) in [6.07, 6.45) is 8.76. The van der Waals surface area contributed by atoms with Gasteiger partial charge in [0, 0.05) is 23.2 Å². The van der Waals surface area contributed by atoms with Gasteiger partial charge in [0.05, 0.1) is 11.8 Å². The Morgan fingerprint density at radius 3 is 2.82 bits per heavy atom. The number of nitrogens with zero attached hydrogens (tertiary/aromatic N) is 1. The van der Waals surface area contributed by atoms with Crippen LogP contribution in [0.3, 0.4) is 0 Å². The maximum Gasteiger partial charge on any atom is 0.143 e. The lowest BCUT2D eigenvalue weighted by Gasteiger charge is -2.15. The first-order valence-electron chi connectivity index (χ1n) is 6.13. The molecule has 3 rings (SSSR count). The highest BCUT2D eigenvalue weighted by atomic mass is 16.5. The number of anilines is 1. The molecule has 0 atom stereocenters. The van der Waals surface area contributed by atoms with Gasteiger partial charge in [0.25, 0.3) is 0 Å². The average Bonchev–Trinajstić information content (AvgIpc) is 2.86. The minimum atomic E-state index is 0.344. The molecule has 0 unspecified atom stereocenters. The maximum atomic E-state index is 6.14. The van der Waals surface area contributed by atoms with Crippen LogP contribution in [0.5, 0.6) is 5.75 Å². The monoisotopic (exact) mass is 228 g/mol. The fourth-order valence-corrected chi connectivity index (χ4v) is 2.46. The summed E-state index contributed by atoms with van der Waals surface area (Å²) in [7, 11) is 0. The minimum absolute atomic E-state index is 0.344. The van der Waals surface area contributed by atoms with Crippen molar-refractivity contribution in [3.8, 4) is 5.75 Å². The predicted octanol–water partition coefficient (Wildman–Crippen LogP) is 3.14. The first-order valence-corrected chi connectivity index (χ1v) is 6.13.